The molecule has 0 saturated carbocycles. The van der Waals surface area contributed by atoms with E-state index < -0.39 is 12.6 Å². The number of carbonyl (C=O) groups is 2. The van der Waals surface area contributed by atoms with Gasteiger partial charge in [-0.15, -0.1) is 5.10 Å². The maximum Gasteiger partial charge on any atom is 0.357 e. The molecule has 1 aliphatic rings. The molecule has 3 aromatic rings. The number of aromatic nitrogens is 4. The van der Waals surface area contributed by atoms with Crippen LogP contribution in [0.5, 0.6) is 0 Å². The lowest BCUT2D eigenvalue weighted by Gasteiger charge is -2.23. The van der Waals surface area contributed by atoms with E-state index in [9.17, 15) is 9.59 Å². The Morgan fingerprint density at radius 2 is 1.76 bits per heavy atom. The molecule has 0 atom stereocenters. The molecule has 0 aliphatic carbocycles. The number of aryl methyl sites for hydroxylation is 1. The average molecular weight is 444 g/mol. The molecule has 0 fully saturated rings. The van der Waals surface area contributed by atoms with Crippen LogP contribution in [0.25, 0.3) is 11.8 Å². The molecule has 0 amide bonds. The van der Waals surface area contributed by atoms with Gasteiger partial charge in [-0.1, -0.05) is 62.4 Å². The van der Waals surface area contributed by atoms with E-state index >= 15 is 0 Å². The van der Waals surface area contributed by atoms with Gasteiger partial charge in [0.15, 0.2) is 23.9 Å². The molecule has 8 nitrogen and oxygen atoms in total. The lowest BCUT2D eigenvalue weighted by Crippen LogP contribution is -2.25. The molecule has 1 aliphatic heterocycles. The van der Waals surface area contributed by atoms with E-state index in [1.54, 1.807) is 19.1 Å². The number of benzene rings is 2. The normalized spacial score (nSPS) is 16.1. The zero-order valence-corrected chi connectivity index (χ0v) is 19.0. The van der Waals surface area contributed by atoms with Crippen molar-refractivity contribution < 1.29 is 14.3 Å². The molecule has 0 N–H and O–H groups in total. The number of nitrogens with zero attached hydrogens (tertiary/aromatic N) is 5. The number of para-hydroxylation sites is 1. The maximum atomic E-state index is 12.9. The summed E-state index contributed by atoms with van der Waals surface area (Å²) >= 11 is 0. The van der Waals surface area contributed by atoms with Gasteiger partial charge in [0.05, 0.1) is 0 Å². The topological polar surface area (TPSA) is 90.2 Å². The minimum absolute atomic E-state index is 0.120. The van der Waals surface area contributed by atoms with Gasteiger partial charge in [-0.05, 0) is 40.6 Å². The molecule has 33 heavy (non-hydrogen) atoms. The number of esters is 1. The summed E-state index contributed by atoms with van der Waals surface area (Å²) in [4.78, 5) is 27.7. The number of ether oxygens (including phenoxy) is 1. The first kappa shape index (κ1) is 22.1. The second kappa shape index (κ2) is 8.82. The van der Waals surface area contributed by atoms with E-state index in [-0.39, 0.29) is 16.9 Å². The Labute approximate surface area is 192 Å². The van der Waals surface area contributed by atoms with Crippen molar-refractivity contribution in [1.29, 1.82) is 0 Å². The molecule has 4 rings (SSSR count). The predicted octanol–water partition coefficient (Wildman–Crippen LogP) is 3.40. The van der Waals surface area contributed by atoms with Gasteiger partial charge in [0, 0.05) is 29.9 Å². The highest BCUT2D eigenvalue weighted by atomic mass is 16.5. The number of fused-ring (bicyclic) bond motifs is 1. The summed E-state index contributed by atoms with van der Waals surface area (Å²) < 4.78 is 6.67. The largest absolute Gasteiger partial charge is 0.453 e. The highest BCUT2D eigenvalue weighted by Gasteiger charge is 2.38. The van der Waals surface area contributed by atoms with E-state index in [0.717, 1.165) is 22.5 Å². The zero-order valence-electron chi connectivity index (χ0n) is 19.0. The Hall–Kier alpha value is -4.07. The van der Waals surface area contributed by atoms with Gasteiger partial charge in [-0.25, -0.2) is 4.79 Å². The van der Waals surface area contributed by atoms with E-state index in [1.807, 2.05) is 60.5 Å². The maximum absolute atomic E-state index is 12.9. The number of allylic oxidation sites excluding steroid dienone is 1. The van der Waals surface area contributed by atoms with Gasteiger partial charge in [-0.3, -0.25) is 4.79 Å². The monoisotopic (exact) mass is 443 g/mol. The third-order valence-electron chi connectivity index (χ3n) is 5.75. The first-order valence-corrected chi connectivity index (χ1v) is 10.6. The quantitative estimate of drug-likeness (QED) is 0.426. The fourth-order valence-corrected chi connectivity index (χ4v) is 4.03. The standard InChI is InChI=1S/C25H25N5O3/c1-17-26-27-28-30(17)22(14-18-10-6-5-7-11-18)24(32)33-16-19(31)15-23-25(2,3)20-12-8-9-13-21(20)29(23)4/h5-15H,16H2,1-4H3/b22-14-,23-15-. The van der Waals surface area contributed by atoms with Crippen LogP contribution in [0, 0.1) is 6.92 Å². The SMILES string of the molecule is Cc1nnnn1/C(=C\c1ccccc1)C(=O)OCC(=O)/C=C1\N(C)c2ccccc2C1(C)C. The van der Waals surface area contributed by atoms with Crippen LogP contribution in [0.1, 0.15) is 30.8 Å². The van der Waals surface area contributed by atoms with Crippen molar-refractivity contribution in [3.63, 3.8) is 0 Å². The molecule has 8 heteroatoms. The number of carbonyl (C=O) groups excluding carboxylic acids is 2. The zero-order chi connectivity index (χ0) is 23.6. The smallest absolute Gasteiger partial charge is 0.357 e. The molecule has 0 saturated heterocycles. The summed E-state index contributed by atoms with van der Waals surface area (Å²) in [5.41, 5.74) is 3.61. The fourth-order valence-electron chi connectivity index (χ4n) is 4.03. The molecule has 0 unspecified atom stereocenters. The van der Waals surface area contributed by atoms with Gasteiger partial charge in [-0.2, -0.15) is 4.68 Å². The van der Waals surface area contributed by atoms with Crippen LogP contribution in [0.15, 0.2) is 66.4 Å². The van der Waals surface area contributed by atoms with Crippen molar-refractivity contribution >= 4 is 29.2 Å². The number of hydrogen-bond acceptors (Lipinski definition) is 7. The molecule has 0 radical (unpaired) electrons. The van der Waals surface area contributed by atoms with Gasteiger partial charge in [0.2, 0.25) is 0 Å². The first-order chi connectivity index (χ1) is 15.8. The van der Waals surface area contributed by atoms with Gasteiger partial charge >= 0.3 is 5.97 Å². The van der Waals surface area contributed by atoms with Crippen molar-refractivity contribution in [1.82, 2.24) is 20.2 Å². The number of rotatable bonds is 6. The predicted molar refractivity (Wildman–Crippen MR) is 125 cm³/mol. The number of tetrazole rings is 1. The summed E-state index contributed by atoms with van der Waals surface area (Å²) in [7, 11) is 1.93. The molecule has 168 valence electrons. The summed E-state index contributed by atoms with van der Waals surface area (Å²) in [6.45, 7) is 5.43. The number of anilines is 1. The van der Waals surface area contributed by atoms with E-state index in [1.165, 1.54) is 4.68 Å². The summed E-state index contributed by atoms with van der Waals surface area (Å²) in [5.74, 6) is -0.573. The van der Waals surface area contributed by atoms with E-state index in [2.05, 4.69) is 35.4 Å². The molecular weight excluding hydrogens is 418 g/mol. The van der Waals surface area contributed by atoms with Crippen molar-refractivity contribution in [2.24, 2.45) is 0 Å². The molecule has 2 heterocycles. The highest BCUT2D eigenvalue weighted by molar-refractivity contribution is 6.15. The lowest BCUT2D eigenvalue weighted by atomic mass is 9.83. The minimum atomic E-state index is -0.691. The second-order valence-electron chi connectivity index (χ2n) is 8.35. The van der Waals surface area contributed by atoms with Crippen LogP contribution in [-0.4, -0.2) is 45.6 Å². The third kappa shape index (κ3) is 4.32. The molecule has 0 bridgehead atoms. The van der Waals surface area contributed by atoms with Crippen LogP contribution >= 0.6 is 0 Å². The van der Waals surface area contributed by atoms with Crippen molar-refractivity contribution in [2.45, 2.75) is 26.2 Å². The molecule has 2 aromatic carbocycles. The lowest BCUT2D eigenvalue weighted by molar-refractivity contribution is -0.141. The van der Waals surface area contributed by atoms with Crippen LogP contribution in [0.3, 0.4) is 0 Å². The number of hydrogen-bond donors (Lipinski definition) is 0. The van der Waals surface area contributed by atoms with Crippen LogP contribution in [0.4, 0.5) is 5.69 Å². The molecule has 1 aromatic heterocycles. The Bertz CT molecular complexity index is 1260. The van der Waals surface area contributed by atoms with Gasteiger partial charge < -0.3 is 9.64 Å². The first-order valence-electron chi connectivity index (χ1n) is 10.6. The van der Waals surface area contributed by atoms with Crippen molar-refractivity contribution in [3.05, 3.63) is 83.3 Å². The summed E-state index contributed by atoms with van der Waals surface area (Å²) in [5, 5.41) is 11.3. The highest BCUT2D eigenvalue weighted by Crippen LogP contribution is 2.46. The second-order valence-corrected chi connectivity index (χ2v) is 8.35. The Balaban J connectivity index is 1.53. The summed E-state index contributed by atoms with van der Waals surface area (Å²) in [6, 6.07) is 17.3. The number of likely N-dealkylation sites (N-methyl/N-ethyl adjacent to an activating group) is 1. The van der Waals surface area contributed by atoms with Crippen molar-refractivity contribution in [3.8, 4) is 0 Å². The van der Waals surface area contributed by atoms with Crippen LogP contribution in [0.2, 0.25) is 0 Å². The van der Waals surface area contributed by atoms with Gasteiger partial charge in [0.1, 0.15) is 0 Å². The Kier molecular flexibility index (Phi) is 5.91. The molecular formula is C25H25N5O3. The van der Waals surface area contributed by atoms with Gasteiger partial charge in [0.25, 0.3) is 0 Å². The van der Waals surface area contributed by atoms with Crippen LogP contribution in [-0.2, 0) is 19.7 Å². The Morgan fingerprint density at radius 3 is 2.42 bits per heavy atom. The average Bonchev–Trinajstić information content (AvgIpc) is 3.31. The van der Waals surface area contributed by atoms with E-state index in [0.29, 0.717) is 5.82 Å². The van der Waals surface area contributed by atoms with Crippen LogP contribution < -0.4 is 4.90 Å². The fraction of sp³-hybridized carbons (Fsp3) is 0.240. The minimum Gasteiger partial charge on any atom is -0.453 e. The van der Waals surface area contributed by atoms with E-state index in [4.69, 9.17) is 4.74 Å². The number of ketones is 1. The Morgan fingerprint density at radius 1 is 1.06 bits per heavy atom. The third-order valence-corrected chi connectivity index (χ3v) is 5.75. The summed E-state index contributed by atoms with van der Waals surface area (Å²) in [6.07, 6.45) is 3.18. The molecule has 0 spiro atoms. The van der Waals surface area contributed by atoms with Crippen molar-refractivity contribution in [2.75, 3.05) is 18.6 Å².